The maximum Gasteiger partial charge on any atom is 0.234 e. The Morgan fingerprint density at radius 1 is 1.62 bits per heavy atom. The van der Waals surface area contributed by atoms with Crippen LogP contribution in [0.3, 0.4) is 0 Å². The normalized spacial score (nSPS) is 12.8. The maximum absolute atomic E-state index is 10.7. The SMILES string of the molecule is Cc1nc(CC(N)C(N)=O)sc1C. The monoisotopic (exact) mass is 199 g/mol. The van der Waals surface area contributed by atoms with Crippen molar-refractivity contribution in [2.24, 2.45) is 11.5 Å². The molecule has 1 rings (SSSR count). The molecule has 5 heteroatoms. The van der Waals surface area contributed by atoms with E-state index in [0.717, 1.165) is 15.6 Å². The van der Waals surface area contributed by atoms with E-state index in [1.165, 1.54) is 0 Å². The summed E-state index contributed by atoms with van der Waals surface area (Å²) in [5.41, 5.74) is 11.5. The van der Waals surface area contributed by atoms with Gasteiger partial charge in [0, 0.05) is 11.3 Å². The van der Waals surface area contributed by atoms with Crippen LogP contribution in [0.25, 0.3) is 0 Å². The lowest BCUT2D eigenvalue weighted by Crippen LogP contribution is -2.38. The van der Waals surface area contributed by atoms with E-state index in [1.807, 2.05) is 13.8 Å². The van der Waals surface area contributed by atoms with E-state index in [0.29, 0.717) is 6.42 Å². The second-order valence-corrected chi connectivity index (χ2v) is 4.25. The Bertz CT molecular complexity index is 302. The number of thiazole rings is 1. The number of amides is 1. The average Bonchev–Trinajstić information content (AvgIpc) is 2.31. The summed E-state index contributed by atoms with van der Waals surface area (Å²) in [4.78, 5) is 16.1. The van der Waals surface area contributed by atoms with Crippen molar-refractivity contribution in [2.75, 3.05) is 0 Å². The number of nitrogens with zero attached hydrogens (tertiary/aromatic N) is 1. The minimum absolute atomic E-state index is 0.439. The highest BCUT2D eigenvalue weighted by Gasteiger charge is 2.13. The summed E-state index contributed by atoms with van der Waals surface area (Å²) in [5, 5.41) is 0.876. The van der Waals surface area contributed by atoms with Gasteiger partial charge in [0.05, 0.1) is 16.7 Å². The lowest BCUT2D eigenvalue weighted by atomic mass is 10.2. The van der Waals surface area contributed by atoms with Crippen LogP contribution in [-0.2, 0) is 11.2 Å². The fourth-order valence-corrected chi connectivity index (χ4v) is 1.91. The molecule has 1 aromatic heterocycles. The van der Waals surface area contributed by atoms with Gasteiger partial charge in [-0.05, 0) is 13.8 Å². The Morgan fingerprint density at radius 2 is 2.23 bits per heavy atom. The van der Waals surface area contributed by atoms with Crippen LogP contribution in [0.4, 0.5) is 0 Å². The van der Waals surface area contributed by atoms with Gasteiger partial charge in [0.2, 0.25) is 5.91 Å². The van der Waals surface area contributed by atoms with Crippen LogP contribution in [-0.4, -0.2) is 16.9 Å². The molecule has 1 amide bonds. The molecule has 0 aliphatic rings. The first-order valence-electron chi connectivity index (χ1n) is 3.98. The molecule has 0 radical (unpaired) electrons. The quantitative estimate of drug-likeness (QED) is 0.725. The first-order chi connectivity index (χ1) is 6.00. The van der Waals surface area contributed by atoms with Gasteiger partial charge >= 0.3 is 0 Å². The number of aromatic nitrogens is 1. The molecule has 0 aliphatic heterocycles. The molecule has 4 nitrogen and oxygen atoms in total. The lowest BCUT2D eigenvalue weighted by Gasteiger charge is -2.02. The van der Waals surface area contributed by atoms with Crippen molar-refractivity contribution in [1.29, 1.82) is 0 Å². The molecular weight excluding hydrogens is 186 g/mol. The van der Waals surface area contributed by atoms with Crippen LogP contribution in [0.5, 0.6) is 0 Å². The Hall–Kier alpha value is -0.940. The first kappa shape index (κ1) is 10.1. The van der Waals surface area contributed by atoms with Crippen LogP contribution in [0.15, 0.2) is 0 Å². The maximum atomic E-state index is 10.7. The van der Waals surface area contributed by atoms with Crippen molar-refractivity contribution in [1.82, 2.24) is 4.98 Å². The number of primary amides is 1. The molecule has 0 aromatic carbocycles. The summed E-state index contributed by atoms with van der Waals surface area (Å²) >= 11 is 1.56. The van der Waals surface area contributed by atoms with Crippen molar-refractivity contribution in [3.05, 3.63) is 15.6 Å². The van der Waals surface area contributed by atoms with Crippen molar-refractivity contribution < 1.29 is 4.79 Å². The molecule has 4 N–H and O–H groups in total. The van der Waals surface area contributed by atoms with E-state index in [9.17, 15) is 4.79 Å². The van der Waals surface area contributed by atoms with Gasteiger partial charge < -0.3 is 11.5 Å². The number of hydrogen-bond acceptors (Lipinski definition) is 4. The zero-order valence-corrected chi connectivity index (χ0v) is 8.52. The Labute approximate surface area is 81.0 Å². The van der Waals surface area contributed by atoms with Gasteiger partial charge in [-0.25, -0.2) is 4.98 Å². The third-order valence-electron chi connectivity index (χ3n) is 1.83. The largest absolute Gasteiger partial charge is 0.368 e. The Kier molecular flexibility index (Phi) is 3.00. The highest BCUT2D eigenvalue weighted by atomic mass is 32.1. The summed E-state index contributed by atoms with van der Waals surface area (Å²) in [6.07, 6.45) is 0.439. The molecule has 1 unspecified atom stereocenters. The van der Waals surface area contributed by atoms with Crippen LogP contribution < -0.4 is 11.5 Å². The standard InChI is InChI=1S/C8H13N3OS/c1-4-5(2)13-7(11-4)3-6(9)8(10)12/h6H,3,9H2,1-2H3,(H2,10,12). The Balaban J connectivity index is 2.69. The van der Waals surface area contributed by atoms with Crippen molar-refractivity contribution >= 4 is 17.2 Å². The first-order valence-corrected chi connectivity index (χ1v) is 4.80. The van der Waals surface area contributed by atoms with Gasteiger partial charge in [-0.15, -0.1) is 11.3 Å². The van der Waals surface area contributed by atoms with Gasteiger partial charge in [-0.3, -0.25) is 4.79 Å². The molecule has 72 valence electrons. The van der Waals surface area contributed by atoms with Gasteiger partial charge in [0.25, 0.3) is 0 Å². The highest BCUT2D eigenvalue weighted by molar-refractivity contribution is 7.11. The average molecular weight is 199 g/mol. The molecule has 0 fully saturated rings. The van der Waals surface area contributed by atoms with E-state index in [1.54, 1.807) is 11.3 Å². The third kappa shape index (κ3) is 2.50. The zero-order chi connectivity index (χ0) is 10.0. The molecule has 1 heterocycles. The number of rotatable bonds is 3. The van der Waals surface area contributed by atoms with Gasteiger partial charge in [-0.1, -0.05) is 0 Å². The topological polar surface area (TPSA) is 82.0 Å². The van der Waals surface area contributed by atoms with E-state index >= 15 is 0 Å². The van der Waals surface area contributed by atoms with E-state index in [2.05, 4.69) is 4.98 Å². The second-order valence-electron chi connectivity index (χ2n) is 2.96. The summed E-state index contributed by atoms with van der Waals surface area (Å²) in [5.74, 6) is -0.481. The predicted octanol–water partition coefficient (Wildman–Crippen LogP) is 0.115. The summed E-state index contributed by atoms with van der Waals surface area (Å²) in [6, 6.07) is -0.620. The molecule has 0 saturated heterocycles. The number of hydrogen-bond donors (Lipinski definition) is 2. The third-order valence-corrected chi connectivity index (χ3v) is 2.93. The molecule has 0 aliphatic carbocycles. The second kappa shape index (κ2) is 3.85. The van der Waals surface area contributed by atoms with Gasteiger partial charge in [0.15, 0.2) is 0 Å². The molecule has 13 heavy (non-hydrogen) atoms. The number of aryl methyl sites for hydroxylation is 2. The summed E-state index contributed by atoms with van der Waals surface area (Å²) in [7, 11) is 0. The smallest absolute Gasteiger partial charge is 0.234 e. The van der Waals surface area contributed by atoms with Crippen LogP contribution in [0, 0.1) is 13.8 Å². The Morgan fingerprint density at radius 3 is 2.62 bits per heavy atom. The molecule has 0 saturated carbocycles. The summed E-state index contributed by atoms with van der Waals surface area (Å²) < 4.78 is 0. The number of carbonyl (C=O) groups is 1. The minimum atomic E-state index is -0.620. The van der Waals surface area contributed by atoms with Crippen LogP contribution in [0.2, 0.25) is 0 Å². The zero-order valence-electron chi connectivity index (χ0n) is 7.70. The fraction of sp³-hybridized carbons (Fsp3) is 0.500. The van der Waals surface area contributed by atoms with Crippen LogP contribution >= 0.6 is 11.3 Å². The lowest BCUT2D eigenvalue weighted by molar-refractivity contribution is -0.119. The molecule has 1 aromatic rings. The number of nitrogens with two attached hydrogens (primary N) is 2. The molecular formula is C8H13N3OS. The highest BCUT2D eigenvalue weighted by Crippen LogP contribution is 2.17. The van der Waals surface area contributed by atoms with Gasteiger partial charge in [-0.2, -0.15) is 0 Å². The summed E-state index contributed by atoms with van der Waals surface area (Å²) in [6.45, 7) is 3.93. The van der Waals surface area contributed by atoms with Crippen molar-refractivity contribution in [2.45, 2.75) is 26.3 Å². The van der Waals surface area contributed by atoms with Crippen molar-refractivity contribution in [3.63, 3.8) is 0 Å². The molecule has 0 spiro atoms. The number of carbonyl (C=O) groups excluding carboxylic acids is 1. The molecule has 0 bridgehead atoms. The van der Waals surface area contributed by atoms with E-state index < -0.39 is 11.9 Å². The minimum Gasteiger partial charge on any atom is -0.368 e. The predicted molar refractivity (Wildman–Crippen MR) is 52.5 cm³/mol. The van der Waals surface area contributed by atoms with Gasteiger partial charge in [0.1, 0.15) is 0 Å². The van der Waals surface area contributed by atoms with E-state index in [-0.39, 0.29) is 0 Å². The van der Waals surface area contributed by atoms with Crippen molar-refractivity contribution in [3.8, 4) is 0 Å². The van der Waals surface area contributed by atoms with Crippen LogP contribution in [0.1, 0.15) is 15.6 Å². The molecule has 1 atom stereocenters. The fourth-order valence-electron chi connectivity index (χ4n) is 0.915. The van der Waals surface area contributed by atoms with E-state index in [4.69, 9.17) is 11.5 Å².